The highest BCUT2D eigenvalue weighted by Crippen LogP contribution is 2.25. The van der Waals surface area contributed by atoms with Gasteiger partial charge < -0.3 is 10.1 Å². The number of rotatable bonds is 7. The molecule has 0 aromatic heterocycles. The molecule has 108 valence electrons. The van der Waals surface area contributed by atoms with Gasteiger partial charge in [0, 0.05) is 41.0 Å². The van der Waals surface area contributed by atoms with Gasteiger partial charge in [-0.2, -0.15) is 0 Å². The van der Waals surface area contributed by atoms with E-state index in [2.05, 4.69) is 10.1 Å². The Hall–Kier alpha value is -1.08. The quantitative estimate of drug-likeness (QED) is 0.785. The molecular weight excluding hydrogens is 279 g/mol. The Kier molecular flexibility index (Phi) is 6.30. The Labute approximate surface area is 112 Å². The van der Waals surface area contributed by atoms with Gasteiger partial charge >= 0.3 is 6.36 Å². The molecule has 1 rings (SSSR count). The molecule has 0 fully saturated rings. The first-order valence-corrected chi connectivity index (χ1v) is 7.30. The molecule has 0 saturated carbocycles. The predicted octanol–water partition coefficient (Wildman–Crippen LogP) is 2.44. The molecular formula is C12H16F3NO2S. The summed E-state index contributed by atoms with van der Waals surface area (Å²) in [4.78, 5) is 0. The van der Waals surface area contributed by atoms with E-state index >= 15 is 0 Å². The third-order valence-corrected chi connectivity index (χ3v) is 3.65. The largest absolute Gasteiger partial charge is 0.573 e. The molecule has 0 amide bonds. The molecule has 0 saturated heterocycles. The maximum absolute atomic E-state index is 12.2. The second kappa shape index (κ2) is 7.49. The van der Waals surface area contributed by atoms with Crippen molar-refractivity contribution in [3.05, 3.63) is 29.8 Å². The highest BCUT2D eigenvalue weighted by Gasteiger charge is 2.31. The fourth-order valence-electron chi connectivity index (χ4n) is 1.43. The number of para-hydroxylation sites is 1. The molecule has 0 spiro atoms. The van der Waals surface area contributed by atoms with Crippen LogP contribution in [0.15, 0.2) is 24.3 Å². The SMILES string of the molecule is CCS(=O)CCNCc1ccccc1OC(F)(F)F. The van der Waals surface area contributed by atoms with Crippen molar-refractivity contribution in [3.8, 4) is 5.75 Å². The summed E-state index contributed by atoms with van der Waals surface area (Å²) in [6.07, 6.45) is -4.69. The van der Waals surface area contributed by atoms with Crippen LogP contribution in [-0.4, -0.2) is 28.6 Å². The molecule has 19 heavy (non-hydrogen) atoms. The second-order valence-electron chi connectivity index (χ2n) is 3.76. The van der Waals surface area contributed by atoms with Crippen LogP contribution in [0.4, 0.5) is 13.2 Å². The molecule has 0 aliphatic heterocycles. The van der Waals surface area contributed by atoms with E-state index in [9.17, 15) is 17.4 Å². The lowest BCUT2D eigenvalue weighted by Crippen LogP contribution is -2.22. The Bertz CT molecular complexity index is 424. The van der Waals surface area contributed by atoms with Crippen molar-refractivity contribution in [2.24, 2.45) is 0 Å². The third kappa shape index (κ3) is 6.58. The topological polar surface area (TPSA) is 38.3 Å². The molecule has 0 heterocycles. The molecule has 0 aliphatic rings. The molecule has 0 aliphatic carbocycles. The summed E-state index contributed by atoms with van der Waals surface area (Å²) in [6, 6.07) is 5.96. The average molecular weight is 295 g/mol. The van der Waals surface area contributed by atoms with Gasteiger partial charge in [-0.25, -0.2) is 0 Å². The van der Waals surface area contributed by atoms with Crippen molar-refractivity contribution in [3.63, 3.8) is 0 Å². The zero-order valence-electron chi connectivity index (χ0n) is 10.5. The van der Waals surface area contributed by atoms with Crippen LogP contribution >= 0.6 is 0 Å². The van der Waals surface area contributed by atoms with Crippen LogP contribution in [0.1, 0.15) is 12.5 Å². The first-order chi connectivity index (χ1) is 8.92. The fraction of sp³-hybridized carbons (Fsp3) is 0.500. The van der Waals surface area contributed by atoms with E-state index in [0.717, 1.165) is 0 Å². The molecule has 1 unspecified atom stereocenters. The molecule has 1 aromatic rings. The number of ether oxygens (including phenoxy) is 1. The van der Waals surface area contributed by atoms with Crippen molar-refractivity contribution in [2.75, 3.05) is 18.1 Å². The Morgan fingerprint density at radius 3 is 2.63 bits per heavy atom. The Balaban J connectivity index is 2.51. The van der Waals surface area contributed by atoms with E-state index < -0.39 is 17.2 Å². The van der Waals surface area contributed by atoms with Crippen LogP contribution in [-0.2, 0) is 17.3 Å². The predicted molar refractivity (Wildman–Crippen MR) is 68.4 cm³/mol. The number of alkyl halides is 3. The van der Waals surface area contributed by atoms with Gasteiger partial charge in [-0.15, -0.1) is 13.2 Å². The zero-order chi connectivity index (χ0) is 14.3. The summed E-state index contributed by atoms with van der Waals surface area (Å²) >= 11 is 0. The lowest BCUT2D eigenvalue weighted by Gasteiger charge is -2.13. The highest BCUT2D eigenvalue weighted by molar-refractivity contribution is 7.84. The summed E-state index contributed by atoms with van der Waals surface area (Å²) < 4.78 is 51.6. The van der Waals surface area contributed by atoms with Crippen molar-refractivity contribution in [1.82, 2.24) is 5.32 Å². The summed E-state index contributed by atoms with van der Waals surface area (Å²) in [5, 5.41) is 2.95. The van der Waals surface area contributed by atoms with Crippen LogP contribution in [0.3, 0.4) is 0 Å². The van der Waals surface area contributed by atoms with Gasteiger partial charge in [0.15, 0.2) is 0 Å². The van der Waals surface area contributed by atoms with E-state index in [1.807, 2.05) is 6.92 Å². The fourth-order valence-corrected chi connectivity index (χ4v) is 2.09. The van der Waals surface area contributed by atoms with Crippen LogP contribution in [0.25, 0.3) is 0 Å². The average Bonchev–Trinajstić information content (AvgIpc) is 2.34. The molecule has 3 nitrogen and oxygen atoms in total. The van der Waals surface area contributed by atoms with E-state index in [1.165, 1.54) is 12.1 Å². The van der Waals surface area contributed by atoms with Crippen molar-refractivity contribution in [1.29, 1.82) is 0 Å². The van der Waals surface area contributed by atoms with Gasteiger partial charge in [-0.1, -0.05) is 25.1 Å². The minimum Gasteiger partial charge on any atom is -0.405 e. The van der Waals surface area contributed by atoms with Gasteiger partial charge in [0.1, 0.15) is 5.75 Å². The zero-order valence-corrected chi connectivity index (χ0v) is 11.3. The van der Waals surface area contributed by atoms with Crippen molar-refractivity contribution >= 4 is 10.8 Å². The van der Waals surface area contributed by atoms with Crippen LogP contribution in [0.5, 0.6) is 5.75 Å². The number of hydrogen-bond acceptors (Lipinski definition) is 3. The molecule has 1 atom stereocenters. The highest BCUT2D eigenvalue weighted by atomic mass is 32.2. The maximum Gasteiger partial charge on any atom is 0.573 e. The van der Waals surface area contributed by atoms with Gasteiger partial charge in [0.25, 0.3) is 0 Å². The van der Waals surface area contributed by atoms with Crippen LogP contribution in [0.2, 0.25) is 0 Å². The maximum atomic E-state index is 12.2. The van der Waals surface area contributed by atoms with Gasteiger partial charge in [0.05, 0.1) is 0 Å². The van der Waals surface area contributed by atoms with E-state index in [-0.39, 0.29) is 12.3 Å². The molecule has 0 radical (unpaired) electrons. The summed E-state index contributed by atoms with van der Waals surface area (Å²) in [5.74, 6) is 0.855. The minimum absolute atomic E-state index is 0.209. The number of halogens is 3. The first kappa shape index (κ1) is 16.0. The van der Waals surface area contributed by atoms with Crippen molar-refractivity contribution in [2.45, 2.75) is 19.8 Å². The lowest BCUT2D eigenvalue weighted by molar-refractivity contribution is -0.274. The number of benzene rings is 1. The van der Waals surface area contributed by atoms with Crippen molar-refractivity contribution < 1.29 is 22.1 Å². The Morgan fingerprint density at radius 2 is 2.00 bits per heavy atom. The van der Waals surface area contributed by atoms with E-state index in [0.29, 0.717) is 23.6 Å². The van der Waals surface area contributed by atoms with Gasteiger partial charge in [0.2, 0.25) is 0 Å². The molecule has 0 bridgehead atoms. The smallest absolute Gasteiger partial charge is 0.405 e. The number of nitrogens with one attached hydrogen (secondary N) is 1. The van der Waals surface area contributed by atoms with E-state index in [4.69, 9.17) is 0 Å². The minimum atomic E-state index is -4.69. The summed E-state index contributed by atoms with van der Waals surface area (Å²) in [6.45, 7) is 2.55. The van der Waals surface area contributed by atoms with Crippen LogP contribution < -0.4 is 10.1 Å². The second-order valence-corrected chi connectivity index (χ2v) is 5.63. The molecule has 7 heteroatoms. The first-order valence-electron chi connectivity index (χ1n) is 5.81. The third-order valence-electron chi connectivity index (χ3n) is 2.34. The molecule has 1 aromatic carbocycles. The van der Waals surface area contributed by atoms with Gasteiger partial charge in [-0.3, -0.25) is 4.21 Å². The molecule has 1 N–H and O–H groups in total. The van der Waals surface area contributed by atoms with Gasteiger partial charge in [-0.05, 0) is 6.07 Å². The summed E-state index contributed by atoms with van der Waals surface area (Å²) in [5.41, 5.74) is 0.419. The normalized spacial score (nSPS) is 13.3. The Morgan fingerprint density at radius 1 is 1.32 bits per heavy atom. The summed E-state index contributed by atoms with van der Waals surface area (Å²) in [7, 11) is -0.880. The standard InChI is InChI=1S/C12H16F3NO2S/c1-2-19(17)8-7-16-9-10-5-3-4-6-11(10)18-12(13,14)15/h3-6,16H,2,7-9H2,1H3. The van der Waals surface area contributed by atoms with Crippen LogP contribution in [0, 0.1) is 0 Å². The lowest BCUT2D eigenvalue weighted by atomic mass is 10.2. The number of hydrogen-bond donors (Lipinski definition) is 1. The van der Waals surface area contributed by atoms with E-state index in [1.54, 1.807) is 12.1 Å². The monoisotopic (exact) mass is 295 g/mol.